The van der Waals surface area contributed by atoms with Crippen LogP contribution in [-0.4, -0.2) is 157 Å². The maximum absolute atomic E-state index is 9.63. The van der Waals surface area contributed by atoms with Crippen LogP contribution in [0, 0.1) is 0 Å². The van der Waals surface area contributed by atoms with E-state index in [2.05, 4.69) is 0 Å². The van der Waals surface area contributed by atoms with Gasteiger partial charge in [-0.05, 0) is 0 Å². The number of hydrogen-bond donors (Lipinski definition) is 6. The second-order valence-corrected chi connectivity index (χ2v) is 4.58. The van der Waals surface area contributed by atoms with Crippen LogP contribution in [0.4, 0.5) is 0 Å². The third-order valence-electron chi connectivity index (χ3n) is 2.35. The van der Waals surface area contributed by atoms with E-state index in [1.807, 2.05) is 0 Å². The van der Waals surface area contributed by atoms with Crippen molar-refractivity contribution in [1.82, 2.24) is 0 Å². The topological polar surface area (TPSA) is 362 Å². The van der Waals surface area contributed by atoms with Gasteiger partial charge in [-0.2, -0.15) is 0 Å². The smallest absolute Gasteiger partial charge is 0.547 e. The number of hydrogen-bond acceptors (Lipinski definition) is 18. The van der Waals surface area contributed by atoms with Crippen molar-refractivity contribution in [1.29, 1.82) is 0 Å². The summed E-state index contributed by atoms with van der Waals surface area (Å²) in [5.74, 6) is -12.4. The Hall–Kier alpha value is -0.0694. The summed E-state index contributed by atoms with van der Waals surface area (Å²) in [5.41, 5.74) is 0. The van der Waals surface area contributed by atoms with Gasteiger partial charge in [-0.25, -0.2) is 0 Å². The molecule has 0 aromatic rings. The number of carbonyl (C=O) groups excluding carboxylic acids is 6. The summed E-state index contributed by atoms with van der Waals surface area (Å²) in [4.78, 5) is 57.8. The number of carbonyl (C=O) groups is 6. The molecular formula is C12H12BO18RbSr. The van der Waals surface area contributed by atoms with Crippen molar-refractivity contribution in [3.8, 4) is 0 Å². The van der Waals surface area contributed by atoms with E-state index in [1.54, 1.807) is 0 Å². The van der Waals surface area contributed by atoms with Crippen LogP contribution in [0.15, 0.2) is 0 Å². The van der Waals surface area contributed by atoms with Crippen LogP contribution >= 0.6 is 0 Å². The maximum atomic E-state index is 9.63. The minimum Gasteiger partial charge on any atom is -0.547 e. The van der Waals surface area contributed by atoms with E-state index in [9.17, 15) is 59.4 Å². The van der Waals surface area contributed by atoms with Gasteiger partial charge in [-0.3, -0.25) is 0 Å². The summed E-state index contributed by atoms with van der Waals surface area (Å²) >= 11 is 0. The Morgan fingerprint density at radius 3 is 0.485 bits per heavy atom. The van der Waals surface area contributed by atoms with Crippen molar-refractivity contribution in [3.63, 3.8) is 0 Å². The normalized spacial score (nSPS) is 14.4. The Kier molecular flexibility index (Phi) is 33.2. The first-order valence-corrected chi connectivity index (χ1v) is 6.73. The molecule has 0 aliphatic carbocycles. The number of aliphatic carboxylic acids is 6. The maximum Gasteiger partial charge on any atom is 3.00 e. The van der Waals surface area contributed by atoms with Crippen LogP contribution < -0.4 is 88.8 Å². The number of carboxylic acid groups (broad SMARTS) is 6. The van der Waals surface area contributed by atoms with Crippen LogP contribution in [0.1, 0.15) is 0 Å². The predicted molar refractivity (Wildman–Crippen MR) is 77.6 cm³/mol. The first-order chi connectivity index (χ1) is 13.4. The number of aliphatic hydroxyl groups is 6. The van der Waals surface area contributed by atoms with Crippen LogP contribution in [0.3, 0.4) is 0 Å². The van der Waals surface area contributed by atoms with Gasteiger partial charge in [0.25, 0.3) is 0 Å². The largest absolute Gasteiger partial charge is 3.00 e. The Morgan fingerprint density at radius 1 is 0.394 bits per heavy atom. The molecule has 6 atom stereocenters. The molecule has 0 radical (unpaired) electrons. The Labute approximate surface area is 270 Å². The molecule has 0 rings (SSSR count). The fourth-order valence-corrected chi connectivity index (χ4v) is 0.773. The summed E-state index contributed by atoms with van der Waals surface area (Å²) < 4.78 is 0. The van der Waals surface area contributed by atoms with Gasteiger partial charge in [-0.1, -0.05) is 0 Å². The van der Waals surface area contributed by atoms with Crippen LogP contribution in [0.25, 0.3) is 0 Å². The van der Waals surface area contributed by atoms with Crippen molar-refractivity contribution in [2.75, 3.05) is 0 Å². The van der Waals surface area contributed by atoms with Crippen molar-refractivity contribution in [3.05, 3.63) is 0 Å². The monoisotopic (exact) mass is 628 g/mol. The second kappa shape index (κ2) is 23.7. The molecule has 6 unspecified atom stereocenters. The molecule has 0 aromatic carbocycles. The predicted octanol–water partition coefficient (Wildman–Crippen LogP) is -18.1. The number of carboxylic acids is 6. The molecule has 6 N–H and O–H groups in total. The summed E-state index contributed by atoms with van der Waals surface area (Å²) in [5, 5.41) is 107. The fourth-order valence-electron chi connectivity index (χ4n) is 0.773. The summed E-state index contributed by atoms with van der Waals surface area (Å²) in [7, 11) is 0. The third kappa shape index (κ3) is 22.2. The van der Waals surface area contributed by atoms with Crippen LogP contribution in [0.5, 0.6) is 0 Å². The molecule has 0 aliphatic rings. The first-order valence-electron chi connectivity index (χ1n) is 6.73. The number of rotatable bonds is 9. The Bertz CT molecular complexity index is 506. The van der Waals surface area contributed by atoms with E-state index in [4.69, 9.17) is 30.6 Å². The van der Waals surface area contributed by atoms with Crippen molar-refractivity contribution >= 4 is 89.7 Å². The van der Waals surface area contributed by atoms with Gasteiger partial charge in [-0.15, -0.1) is 0 Å². The van der Waals surface area contributed by atoms with E-state index in [0.29, 0.717) is 0 Å². The molecule has 0 aromatic heterocycles. The molecule has 0 saturated heterocycles. The SMILES string of the molecule is O=C([O-])C(O)C(O)C(=O)[O-].O=C([O-])C(O)C(O)C(=O)[O-].O=C([O-])C(O)C(O)C(=O)[O-].[B+3].[Rb+].[Sr+2]. The van der Waals surface area contributed by atoms with E-state index < -0.39 is 72.4 Å². The molecule has 174 valence electrons. The molecule has 18 nitrogen and oxygen atoms in total. The van der Waals surface area contributed by atoms with Crippen molar-refractivity contribution < 1.29 is 148 Å². The van der Waals surface area contributed by atoms with Crippen molar-refractivity contribution in [2.24, 2.45) is 0 Å². The average molecular weight is 628 g/mol. The standard InChI is InChI=1S/3C4H6O6.B.Rb.Sr/c3*5-1(3(7)8)2(6)4(9)10;;;/h3*1-2,5-6H,(H,7,8)(H,9,10);;;/q;;;+3;+1;+2/p-6. The van der Waals surface area contributed by atoms with E-state index in [0.717, 1.165) is 0 Å². The van der Waals surface area contributed by atoms with Gasteiger partial charge in [0.1, 0.15) is 36.6 Å². The molecule has 0 aliphatic heterocycles. The average Bonchev–Trinajstić information content (AvgIpc) is 2.64. The van der Waals surface area contributed by atoms with Gasteiger partial charge in [0.05, 0.1) is 35.8 Å². The zero-order valence-corrected chi connectivity index (χ0v) is 24.7. The molecule has 0 spiro atoms. The molecule has 0 saturated carbocycles. The Morgan fingerprint density at radius 2 is 0.455 bits per heavy atom. The summed E-state index contributed by atoms with van der Waals surface area (Å²) in [6, 6.07) is 0. The van der Waals surface area contributed by atoms with Gasteiger partial charge in [0, 0.05) is 0 Å². The molecule has 0 bridgehead atoms. The molecular weight excluding hydrogens is 616 g/mol. The van der Waals surface area contributed by atoms with E-state index in [-0.39, 0.29) is 112 Å². The zero-order valence-electron chi connectivity index (χ0n) is 16.3. The minimum atomic E-state index is -2.44. The minimum absolute atomic E-state index is 0. The van der Waals surface area contributed by atoms with Gasteiger partial charge >= 0.3 is 112 Å². The fraction of sp³-hybridized carbons (Fsp3) is 0.500. The van der Waals surface area contributed by atoms with Gasteiger partial charge in [0.2, 0.25) is 0 Å². The molecule has 0 fully saturated rings. The van der Waals surface area contributed by atoms with E-state index >= 15 is 0 Å². The molecule has 0 heterocycles. The molecule has 0 amide bonds. The third-order valence-corrected chi connectivity index (χ3v) is 2.35. The second-order valence-electron chi connectivity index (χ2n) is 4.58. The van der Waals surface area contributed by atoms with Crippen LogP contribution in [-0.2, 0) is 28.8 Å². The van der Waals surface area contributed by atoms with Crippen LogP contribution in [0.2, 0.25) is 0 Å². The quantitative estimate of drug-likeness (QED) is 0.129. The molecule has 33 heavy (non-hydrogen) atoms. The van der Waals surface area contributed by atoms with Gasteiger partial charge in [0.15, 0.2) is 0 Å². The van der Waals surface area contributed by atoms with Gasteiger partial charge < -0.3 is 90.0 Å². The number of aliphatic hydroxyl groups excluding tert-OH is 6. The Balaban J connectivity index is -0.0000000792. The van der Waals surface area contributed by atoms with E-state index in [1.165, 1.54) is 0 Å². The van der Waals surface area contributed by atoms with Crippen molar-refractivity contribution in [2.45, 2.75) is 36.6 Å². The summed E-state index contributed by atoms with van der Waals surface area (Å²) in [6.07, 6.45) is -14.6. The molecule has 21 heteroatoms. The first kappa shape index (κ1) is 46.3. The zero-order chi connectivity index (χ0) is 24.9. The summed E-state index contributed by atoms with van der Waals surface area (Å²) in [6.45, 7) is 0.